The lowest BCUT2D eigenvalue weighted by atomic mass is 10.0. The lowest BCUT2D eigenvalue weighted by Gasteiger charge is -2.15. The van der Waals surface area contributed by atoms with Gasteiger partial charge in [0.05, 0.1) is 11.4 Å². The zero-order chi connectivity index (χ0) is 20.4. The molecule has 0 aliphatic rings. The molecule has 0 bridgehead atoms. The number of ether oxygens (including phenoxy) is 1. The van der Waals surface area contributed by atoms with Gasteiger partial charge in [-0.1, -0.05) is 37.6 Å². The highest BCUT2D eigenvalue weighted by Gasteiger charge is 2.10. The van der Waals surface area contributed by atoms with Gasteiger partial charge >= 0.3 is 0 Å². The molecule has 5 heteroatoms. The number of aromatic nitrogens is 2. The number of halogens is 1. The van der Waals surface area contributed by atoms with Crippen LogP contribution in [-0.2, 0) is 0 Å². The number of nitrogens with one attached hydrogen (secondary N) is 1. The third-order valence-corrected chi connectivity index (χ3v) is 4.96. The van der Waals surface area contributed by atoms with Crippen molar-refractivity contribution in [3.63, 3.8) is 0 Å². The van der Waals surface area contributed by atoms with Gasteiger partial charge in [0.15, 0.2) is 11.4 Å². The van der Waals surface area contributed by atoms with Gasteiger partial charge in [0.1, 0.15) is 5.75 Å². The Kier molecular flexibility index (Phi) is 5.36. The SMILES string of the molecule is Cc1ccc2c(Nc3cc(Cl)ccc3Oc3ccc(C(C)C)cc3)ccnc2n1. The minimum absolute atomic E-state index is 0.481. The number of hydrogen-bond donors (Lipinski definition) is 1. The monoisotopic (exact) mass is 403 g/mol. The number of rotatable bonds is 5. The van der Waals surface area contributed by atoms with E-state index in [0.29, 0.717) is 22.3 Å². The molecule has 0 spiro atoms. The minimum Gasteiger partial charge on any atom is -0.455 e. The summed E-state index contributed by atoms with van der Waals surface area (Å²) in [5.74, 6) is 1.95. The van der Waals surface area contributed by atoms with Gasteiger partial charge in [0, 0.05) is 22.3 Å². The summed E-state index contributed by atoms with van der Waals surface area (Å²) >= 11 is 6.26. The first-order valence-electron chi connectivity index (χ1n) is 9.56. The van der Waals surface area contributed by atoms with Crippen molar-refractivity contribution in [2.45, 2.75) is 26.7 Å². The van der Waals surface area contributed by atoms with E-state index in [2.05, 4.69) is 41.3 Å². The lowest BCUT2D eigenvalue weighted by Crippen LogP contribution is -1.97. The molecule has 0 unspecified atom stereocenters. The van der Waals surface area contributed by atoms with E-state index in [-0.39, 0.29) is 0 Å². The van der Waals surface area contributed by atoms with Gasteiger partial charge in [-0.05, 0) is 66.9 Å². The van der Waals surface area contributed by atoms with Crippen molar-refractivity contribution in [2.75, 3.05) is 5.32 Å². The van der Waals surface area contributed by atoms with Crippen molar-refractivity contribution in [3.8, 4) is 11.5 Å². The number of nitrogens with zero attached hydrogens (tertiary/aromatic N) is 2. The molecule has 2 aromatic carbocycles. The Balaban J connectivity index is 1.67. The first-order valence-corrected chi connectivity index (χ1v) is 9.94. The molecule has 4 rings (SSSR count). The van der Waals surface area contributed by atoms with Gasteiger partial charge in [-0.25, -0.2) is 9.97 Å². The Bertz CT molecular complexity index is 1160. The fraction of sp³-hybridized carbons (Fsp3) is 0.167. The lowest BCUT2D eigenvalue weighted by molar-refractivity contribution is 0.484. The van der Waals surface area contributed by atoms with E-state index in [1.54, 1.807) is 6.20 Å². The predicted molar refractivity (Wildman–Crippen MR) is 120 cm³/mol. The van der Waals surface area contributed by atoms with Gasteiger partial charge in [-0.15, -0.1) is 0 Å². The Morgan fingerprint density at radius 2 is 1.72 bits per heavy atom. The molecule has 4 aromatic rings. The number of aryl methyl sites for hydroxylation is 1. The maximum Gasteiger partial charge on any atom is 0.161 e. The smallest absolute Gasteiger partial charge is 0.161 e. The van der Waals surface area contributed by atoms with Crippen molar-refractivity contribution in [2.24, 2.45) is 0 Å². The van der Waals surface area contributed by atoms with Crippen LogP contribution in [-0.4, -0.2) is 9.97 Å². The van der Waals surface area contributed by atoms with Gasteiger partial charge in [0.25, 0.3) is 0 Å². The van der Waals surface area contributed by atoms with Crippen LogP contribution in [0.4, 0.5) is 11.4 Å². The molecule has 0 aliphatic heterocycles. The highest BCUT2D eigenvalue weighted by molar-refractivity contribution is 6.31. The topological polar surface area (TPSA) is 47.0 Å². The highest BCUT2D eigenvalue weighted by Crippen LogP contribution is 2.35. The quantitative estimate of drug-likeness (QED) is 0.381. The van der Waals surface area contributed by atoms with Crippen LogP contribution in [0.5, 0.6) is 11.5 Å². The number of benzene rings is 2. The van der Waals surface area contributed by atoms with Crippen LogP contribution >= 0.6 is 11.6 Å². The number of fused-ring (bicyclic) bond motifs is 1. The summed E-state index contributed by atoms with van der Waals surface area (Å²) < 4.78 is 6.15. The van der Waals surface area contributed by atoms with Crippen molar-refractivity contribution in [1.29, 1.82) is 0 Å². The van der Waals surface area contributed by atoms with Crippen LogP contribution in [0.15, 0.2) is 66.9 Å². The second kappa shape index (κ2) is 8.10. The van der Waals surface area contributed by atoms with Gasteiger partial charge < -0.3 is 10.1 Å². The molecule has 2 aromatic heterocycles. The highest BCUT2D eigenvalue weighted by atomic mass is 35.5. The van der Waals surface area contributed by atoms with Crippen molar-refractivity contribution in [3.05, 3.63) is 83.1 Å². The fourth-order valence-corrected chi connectivity index (χ4v) is 3.29. The molecule has 2 heterocycles. The van der Waals surface area contributed by atoms with E-state index in [4.69, 9.17) is 16.3 Å². The van der Waals surface area contributed by atoms with Crippen LogP contribution in [0.25, 0.3) is 11.0 Å². The predicted octanol–water partition coefficient (Wildman–Crippen LogP) is 7.25. The zero-order valence-corrected chi connectivity index (χ0v) is 17.4. The second-order valence-corrected chi connectivity index (χ2v) is 7.71. The molecular weight excluding hydrogens is 382 g/mol. The Labute approximate surface area is 175 Å². The Morgan fingerprint density at radius 3 is 2.48 bits per heavy atom. The van der Waals surface area contributed by atoms with Crippen molar-refractivity contribution in [1.82, 2.24) is 9.97 Å². The molecule has 0 amide bonds. The Morgan fingerprint density at radius 1 is 0.931 bits per heavy atom. The number of hydrogen-bond acceptors (Lipinski definition) is 4. The van der Waals surface area contributed by atoms with E-state index >= 15 is 0 Å². The first kappa shape index (κ1) is 19.2. The second-order valence-electron chi connectivity index (χ2n) is 7.27. The molecule has 0 fully saturated rings. The van der Waals surface area contributed by atoms with Crippen LogP contribution in [0.2, 0.25) is 5.02 Å². The molecular formula is C24H22ClN3O. The fourth-order valence-electron chi connectivity index (χ4n) is 3.11. The third kappa shape index (κ3) is 4.33. The van der Waals surface area contributed by atoms with Crippen LogP contribution in [0, 0.1) is 6.92 Å². The molecule has 0 radical (unpaired) electrons. The van der Waals surface area contributed by atoms with Crippen LogP contribution in [0.1, 0.15) is 31.0 Å². The van der Waals surface area contributed by atoms with Crippen LogP contribution in [0.3, 0.4) is 0 Å². The molecule has 0 saturated carbocycles. The van der Waals surface area contributed by atoms with E-state index in [1.807, 2.05) is 55.5 Å². The molecule has 146 valence electrons. The maximum absolute atomic E-state index is 6.26. The normalized spacial score (nSPS) is 11.1. The van der Waals surface area contributed by atoms with E-state index < -0.39 is 0 Å². The molecule has 0 atom stereocenters. The average Bonchev–Trinajstić information content (AvgIpc) is 2.70. The summed E-state index contributed by atoms with van der Waals surface area (Å²) in [5, 5.41) is 5.00. The summed E-state index contributed by atoms with van der Waals surface area (Å²) in [4.78, 5) is 8.87. The van der Waals surface area contributed by atoms with Gasteiger partial charge in [-0.2, -0.15) is 0 Å². The third-order valence-electron chi connectivity index (χ3n) is 4.73. The van der Waals surface area contributed by atoms with Crippen molar-refractivity contribution >= 4 is 34.0 Å². The molecule has 0 saturated heterocycles. The van der Waals surface area contributed by atoms with E-state index in [9.17, 15) is 0 Å². The summed E-state index contributed by atoms with van der Waals surface area (Å²) in [6, 6.07) is 19.6. The zero-order valence-electron chi connectivity index (χ0n) is 16.6. The van der Waals surface area contributed by atoms with Gasteiger partial charge in [-0.3, -0.25) is 0 Å². The van der Waals surface area contributed by atoms with E-state index in [1.165, 1.54) is 5.56 Å². The van der Waals surface area contributed by atoms with Crippen LogP contribution < -0.4 is 10.1 Å². The summed E-state index contributed by atoms with van der Waals surface area (Å²) in [6.07, 6.45) is 1.74. The average molecular weight is 404 g/mol. The van der Waals surface area contributed by atoms with E-state index in [0.717, 1.165) is 28.2 Å². The largest absolute Gasteiger partial charge is 0.455 e. The summed E-state index contributed by atoms with van der Waals surface area (Å²) in [5.41, 5.74) is 4.57. The number of anilines is 2. The minimum atomic E-state index is 0.481. The molecule has 0 aliphatic carbocycles. The maximum atomic E-state index is 6.26. The summed E-state index contributed by atoms with van der Waals surface area (Å²) in [7, 11) is 0. The Hall–Kier alpha value is -3.11. The molecule has 1 N–H and O–H groups in total. The first-order chi connectivity index (χ1) is 14.0. The molecule has 4 nitrogen and oxygen atoms in total. The van der Waals surface area contributed by atoms with Gasteiger partial charge in [0.2, 0.25) is 0 Å². The standard InChI is InChI=1S/C24H22ClN3O/c1-15(2)17-5-8-19(9-6-17)29-23-11-7-18(25)14-22(23)28-21-12-13-26-24-20(21)10-4-16(3)27-24/h4-15H,1-3H3,(H,26,27,28). The summed E-state index contributed by atoms with van der Waals surface area (Å²) in [6.45, 7) is 6.30. The molecule has 29 heavy (non-hydrogen) atoms. The number of pyridine rings is 2. The van der Waals surface area contributed by atoms with Crippen molar-refractivity contribution < 1.29 is 4.74 Å².